The van der Waals surface area contributed by atoms with Gasteiger partial charge in [-0.05, 0) is 68.4 Å². The second-order valence-corrected chi connectivity index (χ2v) is 12.6. The number of aryl methyl sites for hydroxylation is 2. The van der Waals surface area contributed by atoms with E-state index in [1.165, 1.54) is 4.31 Å². The first-order chi connectivity index (χ1) is 18.0. The average Bonchev–Trinajstić information content (AvgIpc) is 3.36. The van der Waals surface area contributed by atoms with Crippen LogP contribution in [0.5, 0.6) is 0 Å². The van der Waals surface area contributed by atoms with Gasteiger partial charge in [-0.15, -0.1) is 0 Å². The lowest BCUT2D eigenvalue weighted by molar-refractivity contribution is -0.141. The number of hydrogen-bond donors (Lipinski definition) is 1. The van der Waals surface area contributed by atoms with Crippen LogP contribution in [-0.2, 0) is 26.2 Å². The molecule has 1 fully saturated rings. The molecule has 9 heteroatoms. The fourth-order valence-electron chi connectivity index (χ4n) is 5.09. The molecule has 2 aromatic rings. The second-order valence-electron chi connectivity index (χ2n) is 10.2. The fraction of sp³-hybridized carbons (Fsp3) is 0.517. The van der Waals surface area contributed by atoms with E-state index in [9.17, 15) is 18.0 Å². The predicted octanol–water partition coefficient (Wildman–Crippen LogP) is 5.37. The van der Waals surface area contributed by atoms with Crippen LogP contribution in [0.2, 0.25) is 5.02 Å². The highest BCUT2D eigenvalue weighted by atomic mass is 35.5. The summed E-state index contributed by atoms with van der Waals surface area (Å²) in [7, 11) is -3.59. The van der Waals surface area contributed by atoms with Gasteiger partial charge in [0.2, 0.25) is 21.8 Å². The summed E-state index contributed by atoms with van der Waals surface area (Å²) < 4.78 is 26.6. The Bertz CT molecular complexity index is 1230. The molecule has 1 N–H and O–H groups in total. The predicted molar refractivity (Wildman–Crippen MR) is 154 cm³/mol. The van der Waals surface area contributed by atoms with Crippen molar-refractivity contribution in [1.29, 1.82) is 0 Å². The smallest absolute Gasteiger partial charge is 0.243 e. The lowest BCUT2D eigenvalue weighted by atomic mass is 10.0. The van der Waals surface area contributed by atoms with Crippen LogP contribution in [-0.4, -0.2) is 50.0 Å². The van der Waals surface area contributed by atoms with Gasteiger partial charge in [0.05, 0.1) is 11.9 Å². The van der Waals surface area contributed by atoms with Gasteiger partial charge < -0.3 is 10.2 Å². The molecule has 0 saturated heterocycles. The minimum atomic E-state index is -3.59. The summed E-state index contributed by atoms with van der Waals surface area (Å²) >= 11 is 6.15. The van der Waals surface area contributed by atoms with Crippen molar-refractivity contribution in [3.63, 3.8) is 0 Å². The van der Waals surface area contributed by atoms with Crippen molar-refractivity contribution >= 4 is 39.1 Å². The molecule has 38 heavy (non-hydrogen) atoms. The lowest BCUT2D eigenvalue weighted by Crippen LogP contribution is -2.51. The number of nitrogens with zero attached hydrogens (tertiary/aromatic N) is 2. The van der Waals surface area contributed by atoms with Crippen molar-refractivity contribution in [3.05, 3.63) is 64.2 Å². The van der Waals surface area contributed by atoms with Gasteiger partial charge in [-0.25, -0.2) is 8.42 Å². The van der Waals surface area contributed by atoms with Gasteiger partial charge in [-0.2, -0.15) is 0 Å². The standard InChI is InChI=1S/C29H40ClN3O4S/c1-5-26(29(35)31-25-13-8-9-14-25)32(20-23-12-7-6-11-21(23)2)28(34)15-10-18-33(38(4,36)37)27-19-24(30)17-16-22(27)3/h6-7,11-12,16-17,19,25-26H,5,8-10,13-15,18,20H2,1-4H3,(H,31,35). The van der Waals surface area contributed by atoms with Gasteiger partial charge in [0, 0.05) is 30.6 Å². The van der Waals surface area contributed by atoms with E-state index in [1.807, 2.05) is 45.0 Å². The SMILES string of the molecule is CCC(C(=O)NC1CCCC1)N(Cc1ccccc1C)C(=O)CCCN(c1cc(Cl)ccc1C)S(C)(=O)=O. The molecule has 1 aliphatic rings. The summed E-state index contributed by atoms with van der Waals surface area (Å²) in [5, 5.41) is 3.60. The first-order valence-electron chi connectivity index (χ1n) is 13.4. The molecule has 208 valence electrons. The molecule has 3 rings (SSSR count). The van der Waals surface area contributed by atoms with Crippen LogP contribution in [0, 0.1) is 13.8 Å². The number of halogens is 1. The molecule has 1 atom stereocenters. The Labute approximate surface area is 232 Å². The Balaban J connectivity index is 1.79. The maximum absolute atomic E-state index is 13.6. The Morgan fingerprint density at radius 1 is 1.08 bits per heavy atom. The van der Waals surface area contributed by atoms with Crippen LogP contribution in [0.4, 0.5) is 5.69 Å². The van der Waals surface area contributed by atoms with E-state index < -0.39 is 16.1 Å². The van der Waals surface area contributed by atoms with Crippen molar-refractivity contribution in [2.75, 3.05) is 17.1 Å². The monoisotopic (exact) mass is 561 g/mol. The van der Waals surface area contributed by atoms with Crippen molar-refractivity contribution in [2.24, 2.45) is 0 Å². The first-order valence-corrected chi connectivity index (χ1v) is 15.6. The molecule has 0 bridgehead atoms. The molecular weight excluding hydrogens is 522 g/mol. The summed E-state index contributed by atoms with van der Waals surface area (Å²) in [4.78, 5) is 28.6. The Morgan fingerprint density at radius 3 is 2.39 bits per heavy atom. The number of anilines is 1. The Morgan fingerprint density at radius 2 is 1.76 bits per heavy atom. The quantitative estimate of drug-likeness (QED) is 0.377. The molecule has 2 amide bonds. The normalized spacial score (nSPS) is 14.8. The molecule has 7 nitrogen and oxygen atoms in total. The van der Waals surface area contributed by atoms with Crippen LogP contribution in [0.3, 0.4) is 0 Å². The molecule has 1 saturated carbocycles. The number of carbonyl (C=O) groups excluding carboxylic acids is 2. The summed E-state index contributed by atoms with van der Waals surface area (Å²) in [5.74, 6) is -0.286. The van der Waals surface area contributed by atoms with E-state index in [4.69, 9.17) is 11.6 Å². The third-order valence-electron chi connectivity index (χ3n) is 7.28. The molecule has 0 aromatic heterocycles. The molecule has 0 aliphatic heterocycles. The van der Waals surface area contributed by atoms with E-state index in [0.717, 1.165) is 48.6 Å². The summed E-state index contributed by atoms with van der Waals surface area (Å²) in [6, 6.07) is 12.5. The molecular formula is C29H40ClN3O4S. The van der Waals surface area contributed by atoms with Gasteiger partial charge in [-0.1, -0.05) is 61.7 Å². The number of hydrogen-bond acceptors (Lipinski definition) is 4. The summed E-state index contributed by atoms with van der Waals surface area (Å²) in [6.45, 7) is 6.20. The Kier molecular flexibility index (Phi) is 10.6. The number of nitrogens with one attached hydrogen (secondary N) is 1. The minimum Gasteiger partial charge on any atom is -0.352 e. The van der Waals surface area contributed by atoms with Crippen LogP contribution in [0.25, 0.3) is 0 Å². The van der Waals surface area contributed by atoms with Crippen LogP contribution in [0.1, 0.15) is 68.6 Å². The van der Waals surface area contributed by atoms with Crippen molar-refractivity contribution in [3.8, 4) is 0 Å². The molecule has 0 radical (unpaired) electrons. The first kappa shape index (κ1) is 30.0. The minimum absolute atomic E-state index is 0.116. The summed E-state index contributed by atoms with van der Waals surface area (Å²) in [6.07, 6.45) is 6.23. The zero-order chi connectivity index (χ0) is 27.9. The van der Waals surface area contributed by atoms with Crippen molar-refractivity contribution < 1.29 is 18.0 Å². The zero-order valence-corrected chi connectivity index (χ0v) is 24.4. The molecule has 1 aliphatic carbocycles. The second kappa shape index (κ2) is 13.5. The average molecular weight is 562 g/mol. The van der Waals surface area contributed by atoms with Crippen molar-refractivity contribution in [2.45, 2.75) is 84.3 Å². The number of amides is 2. The maximum atomic E-state index is 13.6. The third kappa shape index (κ3) is 7.96. The lowest BCUT2D eigenvalue weighted by Gasteiger charge is -2.32. The van der Waals surface area contributed by atoms with E-state index >= 15 is 0 Å². The molecule has 0 spiro atoms. The summed E-state index contributed by atoms with van der Waals surface area (Å²) in [5.41, 5.74) is 3.32. The molecule has 2 aromatic carbocycles. The van der Waals surface area contributed by atoms with Crippen LogP contribution < -0.4 is 9.62 Å². The topological polar surface area (TPSA) is 86.8 Å². The highest BCUT2D eigenvalue weighted by Gasteiger charge is 2.31. The highest BCUT2D eigenvalue weighted by molar-refractivity contribution is 7.92. The van der Waals surface area contributed by atoms with E-state index in [-0.39, 0.29) is 30.8 Å². The molecule has 0 heterocycles. The van der Waals surface area contributed by atoms with Crippen molar-refractivity contribution in [1.82, 2.24) is 10.2 Å². The zero-order valence-electron chi connectivity index (χ0n) is 22.9. The maximum Gasteiger partial charge on any atom is 0.243 e. The number of rotatable bonds is 12. The number of benzene rings is 2. The number of carbonyl (C=O) groups is 2. The number of sulfonamides is 1. The van der Waals surface area contributed by atoms with Gasteiger partial charge in [0.1, 0.15) is 6.04 Å². The van der Waals surface area contributed by atoms with E-state index in [0.29, 0.717) is 30.1 Å². The van der Waals surface area contributed by atoms with Gasteiger partial charge in [0.15, 0.2) is 0 Å². The van der Waals surface area contributed by atoms with Gasteiger partial charge >= 0.3 is 0 Å². The third-order valence-corrected chi connectivity index (χ3v) is 8.70. The fourth-order valence-corrected chi connectivity index (χ4v) is 6.27. The van der Waals surface area contributed by atoms with Gasteiger partial charge in [-0.3, -0.25) is 13.9 Å². The van der Waals surface area contributed by atoms with E-state index in [1.54, 1.807) is 23.1 Å². The van der Waals surface area contributed by atoms with E-state index in [2.05, 4.69) is 5.32 Å². The van der Waals surface area contributed by atoms with Crippen LogP contribution >= 0.6 is 11.6 Å². The van der Waals surface area contributed by atoms with Gasteiger partial charge in [0.25, 0.3) is 0 Å². The largest absolute Gasteiger partial charge is 0.352 e. The van der Waals surface area contributed by atoms with Crippen LogP contribution in [0.15, 0.2) is 42.5 Å². The molecule has 1 unspecified atom stereocenters. The highest BCUT2D eigenvalue weighted by Crippen LogP contribution is 2.27. The Hall–Kier alpha value is -2.58.